The van der Waals surface area contributed by atoms with Gasteiger partial charge in [-0.1, -0.05) is 6.42 Å². The number of halogens is 13. The maximum absolute atomic E-state index is 13.8. The van der Waals surface area contributed by atoms with Gasteiger partial charge in [-0.2, -0.15) is 52.7 Å². The average molecular weight is 582 g/mol. The van der Waals surface area contributed by atoms with E-state index in [2.05, 4.69) is 4.72 Å². The minimum absolute atomic E-state index is 0.170. The SMILES string of the molecule is C[N+](C)(C)CCCNS(=O)CCCCC(CC(CC(F)(C(F)(F)F)C(F)(F)F)C(F)(F)F)C(F)(F)F. The summed E-state index contributed by atoms with van der Waals surface area (Å²) < 4.78 is 184. The topological polar surface area (TPSA) is 29.1 Å². The number of quaternary nitrogens is 1. The van der Waals surface area contributed by atoms with Gasteiger partial charge in [-0.25, -0.2) is 13.3 Å². The standard InChI is InChI=1S/C19H30F13N2OS/c1-34(2,3)9-6-8-33-36(35)10-5-4-7-13(16(21,22)23)11-14(17(24,25)26)12-15(20,18(27,28)29)19(30,31)32/h13-14,33H,4-12H2,1-3H3/q+1. The molecule has 0 aromatic heterocycles. The van der Waals surface area contributed by atoms with E-state index in [0.717, 1.165) is 6.54 Å². The lowest BCUT2D eigenvalue weighted by Gasteiger charge is -2.35. The lowest BCUT2D eigenvalue weighted by Crippen LogP contribution is -2.55. The normalized spacial score (nSPS) is 17.2. The molecular formula is C19H30F13N2OS+. The molecule has 36 heavy (non-hydrogen) atoms. The van der Waals surface area contributed by atoms with Crippen molar-refractivity contribution in [1.82, 2.24) is 4.72 Å². The summed E-state index contributed by atoms with van der Waals surface area (Å²) >= 11 is 0. The average Bonchev–Trinajstić information content (AvgIpc) is 2.62. The molecule has 0 fully saturated rings. The summed E-state index contributed by atoms with van der Waals surface area (Å²) in [5.74, 6) is -6.98. The van der Waals surface area contributed by atoms with E-state index < -0.39 is 78.9 Å². The lowest BCUT2D eigenvalue weighted by molar-refractivity contribution is -0.870. The third-order valence-corrected chi connectivity index (χ3v) is 6.51. The van der Waals surface area contributed by atoms with Gasteiger partial charge in [0.2, 0.25) is 0 Å². The Morgan fingerprint density at radius 2 is 1.19 bits per heavy atom. The van der Waals surface area contributed by atoms with Crippen LogP contribution in [0.15, 0.2) is 0 Å². The minimum atomic E-state index is -6.83. The number of rotatable bonds is 14. The molecule has 0 radical (unpaired) electrons. The van der Waals surface area contributed by atoms with Crippen LogP contribution in [0, 0.1) is 11.8 Å². The molecule has 3 unspecified atom stereocenters. The van der Waals surface area contributed by atoms with Crippen LogP contribution in [0.3, 0.4) is 0 Å². The van der Waals surface area contributed by atoms with E-state index in [9.17, 15) is 61.3 Å². The zero-order valence-electron chi connectivity index (χ0n) is 19.7. The Labute approximate surface area is 202 Å². The van der Waals surface area contributed by atoms with E-state index >= 15 is 0 Å². The van der Waals surface area contributed by atoms with Crippen molar-refractivity contribution >= 4 is 11.0 Å². The zero-order valence-corrected chi connectivity index (χ0v) is 20.5. The second-order valence-corrected chi connectivity index (χ2v) is 10.9. The smallest absolute Gasteiger partial charge is 0.331 e. The molecule has 0 aliphatic rings. The first-order valence-electron chi connectivity index (χ1n) is 10.7. The zero-order chi connectivity index (χ0) is 28.8. The van der Waals surface area contributed by atoms with Crippen LogP contribution in [0.4, 0.5) is 57.1 Å². The van der Waals surface area contributed by atoms with Gasteiger partial charge in [-0.05, 0) is 19.3 Å². The fourth-order valence-electron chi connectivity index (χ4n) is 3.26. The highest BCUT2D eigenvalue weighted by atomic mass is 32.2. The predicted octanol–water partition coefficient (Wildman–Crippen LogP) is 6.48. The second kappa shape index (κ2) is 12.8. The Balaban J connectivity index is 5.23. The quantitative estimate of drug-likeness (QED) is 0.142. The molecule has 0 heterocycles. The van der Waals surface area contributed by atoms with Crippen molar-refractivity contribution in [3.05, 3.63) is 0 Å². The molecule has 0 aromatic carbocycles. The number of nitrogens with zero attached hydrogens (tertiary/aromatic N) is 1. The summed E-state index contributed by atoms with van der Waals surface area (Å²) in [4.78, 5) is 0. The van der Waals surface area contributed by atoms with E-state index in [0.29, 0.717) is 17.4 Å². The highest BCUT2D eigenvalue weighted by Crippen LogP contribution is 2.53. The third-order valence-electron chi connectivity index (χ3n) is 5.32. The molecule has 0 saturated heterocycles. The number of alkyl halides is 13. The van der Waals surface area contributed by atoms with Crippen molar-refractivity contribution in [2.24, 2.45) is 11.8 Å². The van der Waals surface area contributed by atoms with Crippen molar-refractivity contribution in [3.63, 3.8) is 0 Å². The van der Waals surface area contributed by atoms with Gasteiger partial charge >= 0.3 is 24.7 Å². The van der Waals surface area contributed by atoms with Gasteiger partial charge in [0.25, 0.3) is 5.67 Å². The number of hydrogen-bond donors (Lipinski definition) is 1. The van der Waals surface area contributed by atoms with Crippen molar-refractivity contribution in [2.75, 3.05) is 40.0 Å². The first-order valence-corrected chi connectivity index (χ1v) is 12.0. The Kier molecular flexibility index (Phi) is 12.5. The predicted molar refractivity (Wildman–Crippen MR) is 107 cm³/mol. The molecule has 0 aromatic rings. The van der Waals surface area contributed by atoms with Gasteiger partial charge in [0.1, 0.15) is 0 Å². The van der Waals surface area contributed by atoms with Crippen LogP contribution >= 0.6 is 0 Å². The first kappa shape index (κ1) is 35.2. The highest BCUT2D eigenvalue weighted by Gasteiger charge is 2.74. The van der Waals surface area contributed by atoms with Gasteiger partial charge in [0.05, 0.1) is 50.5 Å². The maximum atomic E-state index is 13.8. The van der Waals surface area contributed by atoms with Crippen LogP contribution in [0.2, 0.25) is 0 Å². The van der Waals surface area contributed by atoms with Crippen LogP contribution in [-0.4, -0.2) is 79.1 Å². The minimum Gasteiger partial charge on any atom is -0.331 e. The molecule has 0 aliphatic heterocycles. The summed E-state index contributed by atoms with van der Waals surface area (Å²) in [7, 11) is 4.08. The summed E-state index contributed by atoms with van der Waals surface area (Å²) in [6.07, 6.45) is -31.6. The van der Waals surface area contributed by atoms with Crippen LogP contribution in [-0.2, 0) is 11.0 Å². The number of nitrogens with one attached hydrogen (secondary N) is 1. The molecule has 218 valence electrons. The molecule has 17 heteroatoms. The summed E-state index contributed by atoms with van der Waals surface area (Å²) in [6, 6.07) is 0. The fourth-order valence-corrected chi connectivity index (χ4v) is 4.24. The summed E-state index contributed by atoms with van der Waals surface area (Å²) in [6.45, 7) is 1.05. The van der Waals surface area contributed by atoms with E-state index in [4.69, 9.17) is 0 Å². The van der Waals surface area contributed by atoms with Gasteiger partial charge in [-0.15, -0.1) is 0 Å². The van der Waals surface area contributed by atoms with E-state index in [1.165, 1.54) is 0 Å². The van der Waals surface area contributed by atoms with Gasteiger partial charge in [0, 0.05) is 25.1 Å². The van der Waals surface area contributed by atoms with Crippen LogP contribution in [0.5, 0.6) is 0 Å². The van der Waals surface area contributed by atoms with E-state index in [-0.39, 0.29) is 12.2 Å². The lowest BCUT2D eigenvalue weighted by atomic mass is 9.82. The Morgan fingerprint density at radius 3 is 1.58 bits per heavy atom. The monoisotopic (exact) mass is 581 g/mol. The third kappa shape index (κ3) is 12.1. The Bertz CT molecular complexity index is 667. The molecule has 3 atom stereocenters. The second-order valence-electron chi connectivity index (χ2n) is 9.52. The van der Waals surface area contributed by atoms with Crippen molar-refractivity contribution in [3.8, 4) is 0 Å². The molecule has 0 bridgehead atoms. The summed E-state index contributed by atoms with van der Waals surface area (Å²) in [5, 5.41) is 0. The Hall–Kier alpha value is -0.840. The van der Waals surface area contributed by atoms with E-state index in [1.54, 1.807) is 0 Å². The largest absolute Gasteiger partial charge is 0.431 e. The molecule has 0 rings (SSSR count). The van der Waals surface area contributed by atoms with Crippen LogP contribution in [0.25, 0.3) is 0 Å². The summed E-state index contributed by atoms with van der Waals surface area (Å²) in [5.41, 5.74) is -6.34. The Morgan fingerprint density at radius 1 is 0.722 bits per heavy atom. The molecule has 0 amide bonds. The fraction of sp³-hybridized carbons (Fsp3) is 1.00. The van der Waals surface area contributed by atoms with Gasteiger partial charge in [-0.3, -0.25) is 0 Å². The van der Waals surface area contributed by atoms with Crippen molar-refractivity contribution in [1.29, 1.82) is 0 Å². The van der Waals surface area contributed by atoms with Crippen molar-refractivity contribution in [2.45, 2.75) is 68.9 Å². The van der Waals surface area contributed by atoms with Crippen LogP contribution in [0.1, 0.15) is 38.5 Å². The molecule has 0 aliphatic carbocycles. The molecular weight excluding hydrogens is 551 g/mol. The van der Waals surface area contributed by atoms with Gasteiger partial charge < -0.3 is 4.48 Å². The van der Waals surface area contributed by atoms with Crippen molar-refractivity contribution < 1.29 is 65.8 Å². The molecule has 3 nitrogen and oxygen atoms in total. The first-order chi connectivity index (χ1) is 15.8. The van der Waals surface area contributed by atoms with E-state index in [1.807, 2.05) is 21.1 Å². The number of unbranched alkanes of at least 4 members (excludes halogenated alkanes) is 1. The number of hydrogen-bond acceptors (Lipinski definition) is 1. The van der Waals surface area contributed by atoms with Gasteiger partial charge in [0.15, 0.2) is 0 Å². The maximum Gasteiger partial charge on any atom is 0.431 e. The molecule has 0 spiro atoms. The molecule has 0 saturated carbocycles. The molecule has 1 N–H and O–H groups in total. The van der Waals surface area contributed by atoms with Crippen LogP contribution < -0.4 is 4.72 Å². The highest BCUT2D eigenvalue weighted by molar-refractivity contribution is 7.83.